The fourth-order valence-electron chi connectivity index (χ4n) is 4.81. The minimum Gasteiger partial charge on any atom is -0.385 e. The summed E-state index contributed by atoms with van der Waals surface area (Å²) in [6.45, 7) is 7.99. The van der Waals surface area contributed by atoms with E-state index >= 15 is 0 Å². The van der Waals surface area contributed by atoms with Crippen molar-refractivity contribution in [2.45, 2.75) is 31.5 Å². The number of rotatable bonds is 11. The molecule has 6 heteroatoms. The summed E-state index contributed by atoms with van der Waals surface area (Å²) in [6.07, 6.45) is 1.03. The number of benzene rings is 3. The third-order valence-electron chi connectivity index (χ3n) is 7.24. The zero-order valence-electron chi connectivity index (χ0n) is 21.0. The molecule has 3 aromatic carbocycles. The van der Waals surface area contributed by atoms with Gasteiger partial charge in [0.15, 0.2) is 0 Å². The molecule has 0 saturated carbocycles. The van der Waals surface area contributed by atoms with Crippen LogP contribution in [0.25, 0.3) is 0 Å². The Labute approximate surface area is 213 Å². The van der Waals surface area contributed by atoms with Crippen LogP contribution in [-0.2, 0) is 10.3 Å². The van der Waals surface area contributed by atoms with E-state index in [4.69, 9.17) is 4.74 Å². The van der Waals surface area contributed by atoms with Crippen molar-refractivity contribution >= 4 is 0 Å². The fourth-order valence-corrected chi connectivity index (χ4v) is 4.81. The lowest BCUT2D eigenvalue weighted by Crippen LogP contribution is -2.48. The van der Waals surface area contributed by atoms with Crippen molar-refractivity contribution in [1.29, 1.82) is 0 Å². The maximum Gasteiger partial charge on any atom is 0.123 e. The maximum absolute atomic E-state index is 13.4. The van der Waals surface area contributed by atoms with Crippen LogP contribution in [0.3, 0.4) is 0 Å². The molecule has 4 rings (SSSR count). The lowest BCUT2D eigenvalue weighted by molar-refractivity contribution is 0.00490. The summed E-state index contributed by atoms with van der Waals surface area (Å²) in [6, 6.07) is 22.5. The van der Waals surface area contributed by atoms with E-state index in [0.717, 1.165) is 56.0 Å². The summed E-state index contributed by atoms with van der Waals surface area (Å²) >= 11 is 0. The number of halogens is 2. The highest BCUT2D eigenvalue weighted by molar-refractivity contribution is 5.30. The smallest absolute Gasteiger partial charge is 0.123 e. The molecule has 3 aromatic rings. The minimum absolute atomic E-state index is 0.296. The van der Waals surface area contributed by atoms with Crippen molar-refractivity contribution in [3.8, 4) is 0 Å². The second-order valence-corrected chi connectivity index (χ2v) is 9.54. The molecule has 4 nitrogen and oxygen atoms in total. The van der Waals surface area contributed by atoms with Gasteiger partial charge in [-0.3, -0.25) is 4.90 Å². The molecule has 0 aliphatic carbocycles. The molecule has 0 aromatic heterocycles. The van der Waals surface area contributed by atoms with E-state index in [1.54, 1.807) is 24.3 Å². The average Bonchev–Trinajstić information content (AvgIpc) is 2.92. The van der Waals surface area contributed by atoms with Crippen LogP contribution in [0.5, 0.6) is 0 Å². The van der Waals surface area contributed by atoms with E-state index in [1.165, 1.54) is 24.3 Å². The summed E-state index contributed by atoms with van der Waals surface area (Å²) in [5.74, 6) is -0.591. The molecule has 0 bridgehead atoms. The van der Waals surface area contributed by atoms with E-state index in [1.807, 2.05) is 37.3 Å². The first kappa shape index (κ1) is 26.4. The molecule has 0 amide bonds. The number of piperazine rings is 1. The predicted molar refractivity (Wildman–Crippen MR) is 139 cm³/mol. The van der Waals surface area contributed by atoms with Crippen molar-refractivity contribution in [2.75, 3.05) is 45.9 Å². The molecule has 0 spiro atoms. The second-order valence-electron chi connectivity index (χ2n) is 9.54. The zero-order valence-corrected chi connectivity index (χ0v) is 21.0. The Morgan fingerprint density at radius 3 is 1.78 bits per heavy atom. The highest BCUT2D eigenvalue weighted by Gasteiger charge is 2.28. The normalized spacial score (nSPS) is 16.8. The standard InChI is InChI=1S/C30H36F2N2O2/c1-2-30(35,26-6-4-3-5-7-26)16-17-33-18-20-34(21-19-33)22-23-36-29(24-8-12-27(31)13-9-24)25-10-14-28(32)15-11-25/h3-15,29,35H,2,16-23H2,1H3. The van der Waals surface area contributed by atoms with Gasteiger partial charge in [0.05, 0.1) is 12.2 Å². The Morgan fingerprint density at radius 1 is 0.778 bits per heavy atom. The van der Waals surface area contributed by atoms with Crippen LogP contribution in [0.1, 0.15) is 42.6 Å². The first-order valence-corrected chi connectivity index (χ1v) is 12.8. The molecular weight excluding hydrogens is 458 g/mol. The molecule has 1 saturated heterocycles. The molecule has 1 unspecified atom stereocenters. The third kappa shape index (κ3) is 6.98. The molecule has 1 heterocycles. The number of ether oxygens (including phenoxy) is 1. The lowest BCUT2D eigenvalue weighted by Gasteiger charge is -2.37. The van der Waals surface area contributed by atoms with E-state index in [-0.39, 0.29) is 17.7 Å². The minimum atomic E-state index is -0.790. The summed E-state index contributed by atoms with van der Waals surface area (Å²) in [5.41, 5.74) is 1.88. The van der Waals surface area contributed by atoms with Gasteiger partial charge in [0.2, 0.25) is 0 Å². The summed E-state index contributed by atoms with van der Waals surface area (Å²) < 4.78 is 33.1. The van der Waals surface area contributed by atoms with Gasteiger partial charge in [0.1, 0.15) is 17.7 Å². The molecule has 1 aliphatic rings. The first-order valence-electron chi connectivity index (χ1n) is 12.8. The van der Waals surface area contributed by atoms with Crippen molar-refractivity contribution < 1.29 is 18.6 Å². The molecule has 1 N–H and O–H groups in total. The average molecular weight is 495 g/mol. The molecule has 0 radical (unpaired) electrons. The number of hydrogen-bond acceptors (Lipinski definition) is 4. The summed E-state index contributed by atoms with van der Waals surface area (Å²) in [7, 11) is 0. The van der Waals surface area contributed by atoms with E-state index in [9.17, 15) is 13.9 Å². The van der Waals surface area contributed by atoms with Crippen LogP contribution in [-0.4, -0.2) is 60.8 Å². The van der Waals surface area contributed by atoms with Crippen LogP contribution in [0.15, 0.2) is 78.9 Å². The van der Waals surface area contributed by atoms with Crippen molar-refractivity contribution in [1.82, 2.24) is 9.80 Å². The fraction of sp³-hybridized carbons (Fsp3) is 0.400. The Bertz CT molecular complexity index is 1010. The number of aliphatic hydroxyl groups is 1. The largest absolute Gasteiger partial charge is 0.385 e. The number of nitrogens with zero attached hydrogens (tertiary/aromatic N) is 2. The highest BCUT2D eigenvalue weighted by Crippen LogP contribution is 2.29. The second kappa shape index (κ2) is 12.5. The van der Waals surface area contributed by atoms with E-state index < -0.39 is 5.60 Å². The molecule has 1 fully saturated rings. The quantitative estimate of drug-likeness (QED) is 0.389. The van der Waals surface area contributed by atoms with E-state index in [0.29, 0.717) is 19.4 Å². The van der Waals surface area contributed by atoms with Gasteiger partial charge in [-0.2, -0.15) is 0 Å². The van der Waals surface area contributed by atoms with Crippen LogP contribution in [0.4, 0.5) is 8.78 Å². The number of hydrogen-bond donors (Lipinski definition) is 1. The van der Waals surface area contributed by atoms with Gasteiger partial charge in [0, 0.05) is 39.3 Å². The zero-order chi connectivity index (χ0) is 25.4. The Hall–Kier alpha value is -2.64. The van der Waals surface area contributed by atoms with Crippen LogP contribution in [0.2, 0.25) is 0 Å². The van der Waals surface area contributed by atoms with Crippen LogP contribution in [0, 0.1) is 11.6 Å². The Kier molecular flexibility index (Phi) is 9.21. The lowest BCUT2D eigenvalue weighted by atomic mass is 9.88. The molecule has 36 heavy (non-hydrogen) atoms. The van der Waals surface area contributed by atoms with Crippen LogP contribution < -0.4 is 0 Å². The van der Waals surface area contributed by atoms with Crippen molar-refractivity contribution in [3.63, 3.8) is 0 Å². The Balaban J connectivity index is 1.26. The SMILES string of the molecule is CCC(O)(CCN1CCN(CCOC(c2ccc(F)cc2)c2ccc(F)cc2)CC1)c1ccccc1. The van der Waals surface area contributed by atoms with Gasteiger partial charge in [0.25, 0.3) is 0 Å². The summed E-state index contributed by atoms with van der Waals surface area (Å²) in [4.78, 5) is 4.80. The van der Waals surface area contributed by atoms with Crippen LogP contribution >= 0.6 is 0 Å². The van der Waals surface area contributed by atoms with Gasteiger partial charge in [-0.05, 0) is 53.8 Å². The molecule has 1 atom stereocenters. The Morgan fingerprint density at radius 2 is 1.28 bits per heavy atom. The molecule has 1 aliphatic heterocycles. The van der Waals surface area contributed by atoms with Crippen molar-refractivity contribution in [3.05, 3.63) is 107 Å². The van der Waals surface area contributed by atoms with Gasteiger partial charge < -0.3 is 14.7 Å². The van der Waals surface area contributed by atoms with Gasteiger partial charge >= 0.3 is 0 Å². The van der Waals surface area contributed by atoms with Crippen molar-refractivity contribution in [2.24, 2.45) is 0 Å². The molecule has 192 valence electrons. The van der Waals surface area contributed by atoms with Gasteiger partial charge in [-0.15, -0.1) is 0 Å². The summed E-state index contributed by atoms with van der Waals surface area (Å²) in [5, 5.41) is 11.2. The predicted octanol–water partition coefficient (Wildman–Crippen LogP) is 5.38. The van der Waals surface area contributed by atoms with Gasteiger partial charge in [-0.25, -0.2) is 8.78 Å². The topological polar surface area (TPSA) is 35.9 Å². The molecular formula is C30H36F2N2O2. The highest BCUT2D eigenvalue weighted by atomic mass is 19.1. The van der Waals surface area contributed by atoms with E-state index in [2.05, 4.69) is 9.80 Å². The first-order chi connectivity index (χ1) is 17.5. The monoisotopic (exact) mass is 494 g/mol. The van der Waals surface area contributed by atoms with Gasteiger partial charge in [-0.1, -0.05) is 61.5 Å². The third-order valence-corrected chi connectivity index (χ3v) is 7.24. The maximum atomic E-state index is 13.4.